The van der Waals surface area contributed by atoms with Crippen LogP contribution in [0.25, 0.3) is 11.1 Å². The Hall–Kier alpha value is -3.16. The molecule has 2 saturated carbocycles. The summed E-state index contributed by atoms with van der Waals surface area (Å²) in [5, 5.41) is 28.5. The van der Waals surface area contributed by atoms with Crippen molar-refractivity contribution in [1.82, 2.24) is 15.1 Å². The van der Waals surface area contributed by atoms with Crippen LogP contribution in [0.5, 0.6) is 5.75 Å². The molecular weight excluding hydrogens is 502 g/mol. The molecule has 3 aromatic rings. The highest BCUT2D eigenvalue weighted by Crippen LogP contribution is 2.43. The first-order valence-corrected chi connectivity index (χ1v) is 14.8. The Balaban J connectivity index is 1.39. The largest absolute Gasteiger partial charge is 0.496 e. The Kier molecular flexibility index (Phi) is 9.22. The van der Waals surface area contributed by atoms with Crippen LogP contribution in [0, 0.1) is 18.8 Å². The number of aliphatic hydroxyl groups is 2. The van der Waals surface area contributed by atoms with Gasteiger partial charge in [0.05, 0.1) is 38.6 Å². The van der Waals surface area contributed by atoms with Gasteiger partial charge < -0.3 is 20.3 Å². The second kappa shape index (κ2) is 13.0. The van der Waals surface area contributed by atoms with E-state index < -0.39 is 6.10 Å². The Morgan fingerprint density at radius 3 is 2.65 bits per heavy atom. The van der Waals surface area contributed by atoms with E-state index in [-0.39, 0.29) is 36.3 Å². The van der Waals surface area contributed by atoms with Crippen molar-refractivity contribution < 1.29 is 19.7 Å². The first kappa shape index (κ1) is 28.4. The van der Waals surface area contributed by atoms with Crippen molar-refractivity contribution in [1.29, 1.82) is 0 Å². The van der Waals surface area contributed by atoms with Crippen molar-refractivity contribution >= 4 is 5.91 Å². The van der Waals surface area contributed by atoms with Gasteiger partial charge in [0.1, 0.15) is 5.75 Å². The van der Waals surface area contributed by atoms with Crippen molar-refractivity contribution in [3.8, 4) is 16.9 Å². The number of hydrogen-bond donors (Lipinski definition) is 3. The Morgan fingerprint density at radius 1 is 1.10 bits per heavy atom. The highest BCUT2D eigenvalue weighted by molar-refractivity contribution is 5.79. The van der Waals surface area contributed by atoms with E-state index in [2.05, 4.69) is 40.7 Å². The van der Waals surface area contributed by atoms with E-state index in [0.29, 0.717) is 13.0 Å². The first-order valence-electron chi connectivity index (χ1n) is 14.8. The number of aromatic nitrogens is 2. The van der Waals surface area contributed by atoms with Crippen LogP contribution in [0.3, 0.4) is 0 Å². The number of methoxy groups -OCH3 is 1. The second-order valence-corrected chi connectivity index (χ2v) is 11.6. The molecule has 5 rings (SSSR count). The van der Waals surface area contributed by atoms with Gasteiger partial charge in [-0.05, 0) is 79.3 Å². The molecule has 1 amide bonds. The maximum atomic E-state index is 13.5. The minimum absolute atomic E-state index is 0.0392. The van der Waals surface area contributed by atoms with Gasteiger partial charge in [-0.2, -0.15) is 5.10 Å². The molecule has 2 fully saturated rings. The molecule has 214 valence electrons. The number of amides is 1. The lowest BCUT2D eigenvalue weighted by Crippen LogP contribution is -2.41. The van der Waals surface area contributed by atoms with Crippen LogP contribution in [-0.2, 0) is 11.3 Å². The zero-order valence-corrected chi connectivity index (χ0v) is 23.8. The van der Waals surface area contributed by atoms with Gasteiger partial charge in [-0.3, -0.25) is 9.48 Å². The standard InChI is InChI=1S/C33H43N3O4/c1-22-17-25(12-14-31(22)40-2)29-13-11-27(19-30(29)38)32(35-33(39)23-7-4-3-5-8-23)26-10-6-9-24(18-26)28-20-34-36(21-28)15-16-37/h6,9-10,12,14,17-18,20-21,23,27,29-30,32,37-38H,3-5,7-8,11,13,15-16,19H2,1-2H3,(H,35,39). The van der Waals surface area contributed by atoms with Crippen molar-refractivity contribution in [3.05, 3.63) is 71.5 Å². The van der Waals surface area contributed by atoms with Crippen LogP contribution in [0.15, 0.2) is 54.9 Å². The summed E-state index contributed by atoms with van der Waals surface area (Å²) in [7, 11) is 1.68. The van der Waals surface area contributed by atoms with Gasteiger partial charge in [-0.15, -0.1) is 0 Å². The summed E-state index contributed by atoms with van der Waals surface area (Å²) < 4.78 is 7.17. The molecule has 4 unspecified atom stereocenters. The Morgan fingerprint density at radius 2 is 1.93 bits per heavy atom. The number of ether oxygens (including phenoxy) is 1. The summed E-state index contributed by atoms with van der Waals surface area (Å²) >= 11 is 0. The maximum Gasteiger partial charge on any atom is 0.223 e. The third-order valence-corrected chi connectivity index (χ3v) is 8.99. The Bertz CT molecular complexity index is 1280. The molecule has 0 radical (unpaired) electrons. The molecule has 1 aromatic heterocycles. The van der Waals surface area contributed by atoms with E-state index in [9.17, 15) is 15.0 Å². The van der Waals surface area contributed by atoms with Crippen molar-refractivity contribution in [2.24, 2.45) is 11.8 Å². The molecule has 3 N–H and O–H groups in total. The lowest BCUT2D eigenvalue weighted by atomic mass is 9.72. The third-order valence-electron chi connectivity index (χ3n) is 8.99. The fourth-order valence-electron chi connectivity index (χ4n) is 6.76. The number of carbonyl (C=O) groups is 1. The predicted molar refractivity (Wildman–Crippen MR) is 156 cm³/mol. The highest BCUT2D eigenvalue weighted by atomic mass is 16.5. The first-order chi connectivity index (χ1) is 19.5. The lowest BCUT2D eigenvalue weighted by molar-refractivity contribution is -0.127. The zero-order valence-electron chi connectivity index (χ0n) is 23.8. The molecule has 2 aliphatic carbocycles. The average Bonchev–Trinajstić information content (AvgIpc) is 3.45. The van der Waals surface area contributed by atoms with Gasteiger partial charge in [-0.1, -0.05) is 49.6 Å². The molecule has 4 atom stereocenters. The minimum atomic E-state index is -0.486. The van der Waals surface area contributed by atoms with Crippen molar-refractivity contribution in [3.63, 3.8) is 0 Å². The minimum Gasteiger partial charge on any atom is -0.496 e. The van der Waals surface area contributed by atoms with Gasteiger partial charge in [0.15, 0.2) is 0 Å². The number of nitrogens with zero attached hydrogens (tertiary/aromatic N) is 2. The smallest absolute Gasteiger partial charge is 0.223 e. The summed E-state index contributed by atoms with van der Waals surface area (Å²) in [6.07, 6.45) is 11.0. The van der Waals surface area contributed by atoms with Gasteiger partial charge in [0.2, 0.25) is 5.91 Å². The van der Waals surface area contributed by atoms with Gasteiger partial charge >= 0.3 is 0 Å². The predicted octanol–water partition coefficient (Wildman–Crippen LogP) is 5.54. The fourth-order valence-corrected chi connectivity index (χ4v) is 6.76. The normalized spacial score (nSPS) is 22.6. The van der Waals surface area contributed by atoms with Crippen LogP contribution in [0.2, 0.25) is 0 Å². The lowest BCUT2D eigenvalue weighted by Gasteiger charge is -2.38. The van der Waals surface area contributed by atoms with Crippen LogP contribution in [0.1, 0.15) is 80.0 Å². The van der Waals surface area contributed by atoms with Gasteiger partial charge in [-0.25, -0.2) is 0 Å². The van der Waals surface area contributed by atoms with E-state index in [1.165, 1.54) is 6.42 Å². The van der Waals surface area contributed by atoms with Gasteiger partial charge in [0.25, 0.3) is 0 Å². The third kappa shape index (κ3) is 6.42. The molecule has 0 saturated heterocycles. The Labute approximate surface area is 237 Å². The quantitative estimate of drug-likeness (QED) is 0.328. The summed E-state index contributed by atoms with van der Waals surface area (Å²) in [5.41, 5.74) is 5.29. The number of nitrogens with one attached hydrogen (secondary N) is 1. The van der Waals surface area contributed by atoms with Gasteiger partial charge in [0, 0.05) is 23.6 Å². The number of rotatable bonds is 9. The number of hydrogen-bond acceptors (Lipinski definition) is 5. The molecule has 2 aliphatic rings. The molecule has 40 heavy (non-hydrogen) atoms. The number of benzene rings is 2. The SMILES string of the molecule is COc1ccc(C2CCC(C(NC(=O)C3CCCCC3)c3cccc(-c4cnn(CCO)c4)c3)CC2O)cc1C. The van der Waals surface area contributed by atoms with Crippen LogP contribution < -0.4 is 10.1 Å². The topological polar surface area (TPSA) is 96.6 Å². The molecule has 7 nitrogen and oxygen atoms in total. The van der Waals surface area contributed by atoms with E-state index in [1.807, 2.05) is 31.5 Å². The van der Waals surface area contributed by atoms with Crippen molar-refractivity contribution in [2.75, 3.05) is 13.7 Å². The molecule has 7 heteroatoms. The van der Waals surface area contributed by atoms with E-state index in [4.69, 9.17) is 4.74 Å². The molecule has 0 bridgehead atoms. The monoisotopic (exact) mass is 545 g/mol. The average molecular weight is 546 g/mol. The van der Waals surface area contributed by atoms with E-state index in [0.717, 1.165) is 72.1 Å². The molecule has 0 aliphatic heterocycles. The molecule has 0 spiro atoms. The highest BCUT2D eigenvalue weighted by Gasteiger charge is 2.36. The molecule has 1 heterocycles. The summed E-state index contributed by atoms with van der Waals surface area (Å²) in [6, 6.07) is 14.4. The van der Waals surface area contributed by atoms with Crippen LogP contribution >= 0.6 is 0 Å². The number of carbonyl (C=O) groups excluding carboxylic acids is 1. The van der Waals surface area contributed by atoms with Crippen LogP contribution in [0.4, 0.5) is 0 Å². The zero-order chi connectivity index (χ0) is 28.1. The molecule has 2 aromatic carbocycles. The summed E-state index contributed by atoms with van der Waals surface area (Å²) in [4.78, 5) is 13.5. The number of aryl methyl sites for hydroxylation is 1. The fraction of sp³-hybridized carbons (Fsp3) is 0.515. The molecular formula is C33H43N3O4. The van der Waals surface area contributed by atoms with Crippen molar-refractivity contribution in [2.45, 2.75) is 82.9 Å². The second-order valence-electron chi connectivity index (χ2n) is 11.6. The van der Waals surface area contributed by atoms with Crippen LogP contribution in [-0.4, -0.2) is 45.7 Å². The van der Waals surface area contributed by atoms with E-state index >= 15 is 0 Å². The summed E-state index contributed by atoms with van der Waals surface area (Å²) in [6.45, 7) is 2.53. The summed E-state index contributed by atoms with van der Waals surface area (Å²) in [5.74, 6) is 1.27. The number of aliphatic hydroxyl groups excluding tert-OH is 2. The van der Waals surface area contributed by atoms with E-state index in [1.54, 1.807) is 11.8 Å². The maximum absolute atomic E-state index is 13.5.